The van der Waals surface area contributed by atoms with Gasteiger partial charge in [0.2, 0.25) is 0 Å². The lowest BCUT2D eigenvalue weighted by molar-refractivity contribution is 0.0592. The molecule has 20 nitrogen and oxygen atoms in total. The molecule has 12 aromatic rings. The standard InChI is InChI=1S/C32H32F4N4O2.2C31H32F3N5O2/c1-21-27(31(41)40(37(21)2)26-12-10-24(34)11-13-26)20-39(17-14-22-6-8-23(33)9-7-22)25-15-18-38(19-16-25)32(42)30-28(35)4-3-5-29(30)36;1-21-26(30(40)39(36(21)2)25-10-8-23(32)9-11-25)20-38(16-12-22-5-4-15-35-19-22)24-13-17-37(18-14-24)31(41)29-27(33)6-3-7-28(29)34;1-21-26(30(40)39(36(21)2)25-11-9-22(32)10-12-25)20-38(17-13-23-6-3-4-16-35-23)24-14-18-37(19-15-24)31(41)29-27(33)7-5-8-28(29)34/h3-13,25H,14-20H2,1-2H3;3-11,15,19,24H,12-14,16-18,20H2,1-2H3;3-12,16,24H,13-15,17-20H2,1-2H3. The SMILES string of the molecule is Cc1c(CN(CCc2ccc(F)cc2)C2CCN(C(=O)c3c(F)cccc3F)CC2)c(=O)n(-c2ccc(F)cc2)n1C.Cc1c(CN(CCc2ccccn2)C2CCN(C(=O)c3c(F)cccc3F)CC2)c(=O)n(-c2ccc(F)cc2)n1C.Cc1c(CN(CCc2cccnc2)C2CCN(C(=O)c3c(F)cccc3F)CC2)c(=O)n(-c2ccc(F)cc2)n1C. The molecule has 3 fully saturated rings. The summed E-state index contributed by atoms with van der Waals surface area (Å²) >= 11 is 0. The third kappa shape index (κ3) is 20.5. The number of pyridine rings is 2. The molecule has 0 N–H and O–H groups in total. The van der Waals surface area contributed by atoms with Crippen LogP contribution >= 0.6 is 0 Å². The molecule has 0 bridgehead atoms. The van der Waals surface area contributed by atoms with Crippen molar-refractivity contribution < 1.29 is 58.3 Å². The monoisotopic (exact) mass is 1710 g/mol. The Morgan fingerprint density at radius 1 is 0.347 bits per heavy atom. The van der Waals surface area contributed by atoms with Crippen molar-refractivity contribution in [2.45, 2.75) is 116 Å². The summed E-state index contributed by atoms with van der Waals surface area (Å²) in [7, 11) is 5.38. The molecule has 0 radical (unpaired) electrons. The van der Waals surface area contributed by atoms with E-state index in [1.807, 2.05) is 57.3 Å². The van der Waals surface area contributed by atoms with E-state index in [-0.39, 0.29) is 52.3 Å². The van der Waals surface area contributed by atoms with Crippen LogP contribution in [0, 0.1) is 78.9 Å². The highest BCUT2D eigenvalue weighted by Crippen LogP contribution is 2.30. The van der Waals surface area contributed by atoms with E-state index in [4.69, 9.17) is 0 Å². The molecule has 648 valence electrons. The molecule has 0 saturated carbocycles. The first kappa shape index (κ1) is 89.2. The van der Waals surface area contributed by atoms with Crippen molar-refractivity contribution in [3.63, 3.8) is 0 Å². The van der Waals surface area contributed by atoms with Crippen LogP contribution in [0.3, 0.4) is 0 Å². The van der Waals surface area contributed by atoms with Gasteiger partial charge in [-0.05, 0) is 223 Å². The van der Waals surface area contributed by atoms with Gasteiger partial charge in [-0.1, -0.05) is 42.5 Å². The second-order valence-electron chi connectivity index (χ2n) is 31.4. The third-order valence-electron chi connectivity index (χ3n) is 24.0. The molecule has 0 atom stereocenters. The molecule has 124 heavy (non-hydrogen) atoms. The maximum atomic E-state index is 14.3. The highest BCUT2D eigenvalue weighted by atomic mass is 19.2. The second kappa shape index (κ2) is 40.2. The molecular formula is C94H96F10N14O6. The Morgan fingerprint density at radius 2 is 0.645 bits per heavy atom. The van der Waals surface area contributed by atoms with Gasteiger partial charge in [-0.3, -0.25) is 67.5 Å². The van der Waals surface area contributed by atoms with Crippen LogP contribution < -0.4 is 16.7 Å². The van der Waals surface area contributed by atoms with Gasteiger partial charge in [-0.2, -0.15) is 0 Å². The summed E-state index contributed by atoms with van der Waals surface area (Å²) in [6.07, 6.45) is 10.7. The number of carbonyl (C=O) groups excluding carboxylic acids is 3. The van der Waals surface area contributed by atoms with Gasteiger partial charge in [0.1, 0.15) is 74.9 Å². The lowest BCUT2D eigenvalue weighted by Gasteiger charge is -2.38. The van der Waals surface area contributed by atoms with E-state index in [2.05, 4.69) is 24.7 Å². The Bertz CT molecular complexity index is 5620. The summed E-state index contributed by atoms with van der Waals surface area (Å²) in [5, 5.41) is 0. The number of halogens is 10. The maximum absolute atomic E-state index is 14.3. The quantitative estimate of drug-likeness (QED) is 0.0526. The van der Waals surface area contributed by atoms with Crippen LogP contribution in [0.2, 0.25) is 0 Å². The summed E-state index contributed by atoms with van der Waals surface area (Å²) in [4.78, 5) is 99.6. The molecule has 3 amide bonds. The van der Waals surface area contributed by atoms with Gasteiger partial charge in [0.25, 0.3) is 34.4 Å². The summed E-state index contributed by atoms with van der Waals surface area (Å²) < 4.78 is 150. The van der Waals surface area contributed by atoms with Crippen molar-refractivity contribution >= 4 is 17.7 Å². The summed E-state index contributed by atoms with van der Waals surface area (Å²) in [6, 6.07) is 43.5. The number of hydrogen-bond acceptors (Lipinski definition) is 11. The fourth-order valence-corrected chi connectivity index (χ4v) is 16.7. The van der Waals surface area contributed by atoms with Crippen molar-refractivity contribution in [1.29, 1.82) is 0 Å². The predicted octanol–water partition coefficient (Wildman–Crippen LogP) is 14.7. The van der Waals surface area contributed by atoms with E-state index in [9.17, 15) is 72.7 Å². The van der Waals surface area contributed by atoms with Gasteiger partial charge in [-0.25, -0.2) is 57.9 Å². The summed E-state index contributed by atoms with van der Waals surface area (Å²) in [5.41, 5.74) is 6.66. The molecule has 0 unspecified atom stereocenters. The number of rotatable bonds is 24. The van der Waals surface area contributed by atoms with Gasteiger partial charge in [0.05, 0.1) is 33.8 Å². The number of nitrogens with zero attached hydrogens (tertiary/aromatic N) is 14. The van der Waals surface area contributed by atoms with Gasteiger partial charge < -0.3 is 14.7 Å². The van der Waals surface area contributed by atoms with Crippen LogP contribution in [-0.2, 0) is 60.0 Å². The molecule has 0 spiro atoms. The lowest BCUT2D eigenvalue weighted by atomic mass is 10.00. The minimum absolute atomic E-state index is 0.0155. The molecule has 7 aromatic carbocycles. The zero-order chi connectivity index (χ0) is 88.2. The van der Waals surface area contributed by atoms with Gasteiger partial charge >= 0.3 is 0 Å². The number of aromatic nitrogens is 8. The fourth-order valence-electron chi connectivity index (χ4n) is 16.7. The summed E-state index contributed by atoms with van der Waals surface area (Å²) in [5.74, 6) is -8.71. The normalized spacial score (nSPS) is 14.1. The van der Waals surface area contributed by atoms with Crippen LogP contribution in [0.1, 0.15) is 120 Å². The molecule has 3 aliphatic heterocycles. The van der Waals surface area contributed by atoms with E-state index in [1.165, 1.54) is 95.5 Å². The van der Waals surface area contributed by atoms with Gasteiger partial charge in [-0.15, -0.1) is 0 Å². The van der Waals surface area contributed by atoms with E-state index >= 15 is 0 Å². The Morgan fingerprint density at radius 3 is 0.935 bits per heavy atom. The molecular weight excluding hydrogens is 1610 g/mol. The number of hydrogen-bond donors (Lipinski definition) is 0. The summed E-state index contributed by atoms with van der Waals surface area (Å²) in [6.45, 7) is 10.5. The first-order valence-electron chi connectivity index (χ1n) is 41.2. The van der Waals surface area contributed by atoms with E-state index in [0.29, 0.717) is 170 Å². The molecule has 30 heteroatoms. The lowest BCUT2D eigenvalue weighted by Crippen LogP contribution is -2.47. The Labute approximate surface area is 710 Å². The van der Waals surface area contributed by atoms with Crippen molar-refractivity contribution in [1.82, 2.24) is 67.5 Å². The Hall–Kier alpha value is -12.5. The minimum Gasteiger partial charge on any atom is -0.338 e. The fraction of sp³-hybridized carbons (Fsp3) is 0.319. The second-order valence-corrected chi connectivity index (χ2v) is 31.4. The highest BCUT2D eigenvalue weighted by molar-refractivity contribution is 5.96. The van der Waals surface area contributed by atoms with Gasteiger partial charge in [0.15, 0.2) is 0 Å². The molecule has 3 saturated heterocycles. The van der Waals surface area contributed by atoms with Crippen molar-refractivity contribution in [2.75, 3.05) is 58.9 Å². The molecule has 3 aliphatic rings. The number of amides is 3. The molecule has 5 aromatic heterocycles. The van der Waals surface area contributed by atoms with Crippen molar-refractivity contribution in [3.05, 3.63) is 357 Å². The van der Waals surface area contributed by atoms with E-state index in [1.54, 1.807) is 96.1 Å². The first-order chi connectivity index (χ1) is 59.6. The Balaban J connectivity index is 0.000000160. The minimum atomic E-state index is -0.889. The van der Waals surface area contributed by atoms with Crippen LogP contribution in [0.15, 0.2) is 215 Å². The number of carbonyl (C=O) groups is 3. The molecule has 8 heterocycles. The third-order valence-corrected chi connectivity index (χ3v) is 24.0. The van der Waals surface area contributed by atoms with E-state index in [0.717, 1.165) is 70.3 Å². The number of benzene rings is 7. The average Bonchev–Trinajstić information content (AvgIpc) is 1.63. The average molecular weight is 1710 g/mol. The zero-order valence-corrected chi connectivity index (χ0v) is 69.6. The largest absolute Gasteiger partial charge is 0.338 e. The van der Waals surface area contributed by atoms with Gasteiger partial charge in [0, 0.05) is 166 Å². The highest BCUT2D eigenvalue weighted by Gasteiger charge is 2.36. The Kier molecular flexibility index (Phi) is 28.9. The van der Waals surface area contributed by atoms with Crippen LogP contribution in [-0.4, -0.2) is 162 Å². The molecule has 15 rings (SSSR count). The predicted molar refractivity (Wildman–Crippen MR) is 450 cm³/mol. The number of likely N-dealkylation sites (tertiary alicyclic amines) is 3. The van der Waals surface area contributed by atoms with Crippen molar-refractivity contribution in [3.8, 4) is 17.1 Å². The topological polar surface area (TPSA) is 177 Å². The van der Waals surface area contributed by atoms with E-state index < -0.39 is 75.1 Å². The van der Waals surface area contributed by atoms with Crippen LogP contribution in [0.25, 0.3) is 17.1 Å². The first-order valence-corrected chi connectivity index (χ1v) is 41.2. The number of piperidine rings is 3. The van der Waals surface area contributed by atoms with Crippen LogP contribution in [0.4, 0.5) is 43.9 Å². The smallest absolute Gasteiger partial charge is 0.276 e. The maximum Gasteiger partial charge on any atom is 0.276 e. The van der Waals surface area contributed by atoms with Crippen LogP contribution in [0.5, 0.6) is 0 Å². The molecule has 0 aliphatic carbocycles. The zero-order valence-electron chi connectivity index (χ0n) is 69.6. The van der Waals surface area contributed by atoms with Crippen molar-refractivity contribution in [2.24, 2.45) is 21.1 Å².